The number of hydrogen-bond donors (Lipinski definition) is 1. The van der Waals surface area contributed by atoms with Gasteiger partial charge in [-0.2, -0.15) is 0 Å². The number of allylic oxidation sites excluding steroid dienone is 1. The van der Waals surface area contributed by atoms with Gasteiger partial charge in [0.1, 0.15) is 11.6 Å². The second-order valence-corrected chi connectivity index (χ2v) is 15.2. The zero-order valence-electron chi connectivity index (χ0n) is 25.8. The summed E-state index contributed by atoms with van der Waals surface area (Å²) in [5, 5.41) is 10.4. The molecular formula is C38H49NO3. The summed E-state index contributed by atoms with van der Waals surface area (Å²) in [7, 11) is 0. The monoisotopic (exact) mass is 567 g/mol. The van der Waals surface area contributed by atoms with Crippen LogP contribution in [-0.2, 0) is 22.5 Å². The van der Waals surface area contributed by atoms with Crippen molar-refractivity contribution in [1.29, 1.82) is 0 Å². The average molecular weight is 568 g/mol. The number of benzene rings is 2. The molecule has 1 saturated heterocycles. The lowest BCUT2D eigenvalue weighted by molar-refractivity contribution is -0.200. The summed E-state index contributed by atoms with van der Waals surface area (Å²) < 4.78 is 6.66. The van der Waals surface area contributed by atoms with Crippen LogP contribution in [0, 0.1) is 34.5 Å². The Morgan fingerprint density at radius 1 is 0.881 bits per heavy atom. The highest BCUT2D eigenvalue weighted by atomic mass is 16.6. The molecule has 5 aliphatic rings. The third-order valence-electron chi connectivity index (χ3n) is 12.9. The molecule has 4 aliphatic carbocycles. The van der Waals surface area contributed by atoms with Gasteiger partial charge in [0.15, 0.2) is 0 Å². The predicted octanol–water partition coefficient (Wildman–Crippen LogP) is 7.36. The van der Waals surface area contributed by atoms with E-state index in [1.54, 1.807) is 0 Å². The SMILES string of the molecule is C[C@]12CCC3C(CC=C4C[C@@H](O)CC[C@@]43C)C1CCC2[C@]1(C)CN(Cc2ccccc2)[C@@H](Cc2ccccc2)C(=O)O1. The quantitative estimate of drug-likeness (QED) is 0.303. The van der Waals surface area contributed by atoms with Gasteiger partial charge in [0.2, 0.25) is 0 Å². The molecule has 7 rings (SSSR count). The zero-order valence-corrected chi connectivity index (χ0v) is 25.8. The van der Waals surface area contributed by atoms with Gasteiger partial charge in [0.05, 0.1) is 6.10 Å². The van der Waals surface area contributed by atoms with Crippen LogP contribution in [0.5, 0.6) is 0 Å². The lowest BCUT2D eigenvalue weighted by atomic mass is 9.46. The van der Waals surface area contributed by atoms with Crippen LogP contribution in [0.4, 0.5) is 0 Å². The van der Waals surface area contributed by atoms with Gasteiger partial charge in [0.25, 0.3) is 0 Å². The number of fused-ring (bicyclic) bond motifs is 5. The van der Waals surface area contributed by atoms with Crippen molar-refractivity contribution in [3.05, 3.63) is 83.4 Å². The highest BCUT2D eigenvalue weighted by Crippen LogP contribution is 2.68. The van der Waals surface area contributed by atoms with Crippen molar-refractivity contribution < 1.29 is 14.6 Å². The first kappa shape index (κ1) is 28.3. The van der Waals surface area contributed by atoms with Crippen molar-refractivity contribution in [3.8, 4) is 0 Å². The van der Waals surface area contributed by atoms with E-state index in [0.29, 0.717) is 30.1 Å². The molecule has 0 bridgehead atoms. The van der Waals surface area contributed by atoms with Gasteiger partial charge in [-0.1, -0.05) is 86.2 Å². The number of aliphatic hydroxyl groups is 1. The van der Waals surface area contributed by atoms with Crippen LogP contribution in [0.25, 0.3) is 0 Å². The highest BCUT2D eigenvalue weighted by molar-refractivity contribution is 5.77. The van der Waals surface area contributed by atoms with E-state index < -0.39 is 5.60 Å². The van der Waals surface area contributed by atoms with Crippen molar-refractivity contribution in [2.45, 2.75) is 103 Å². The number of esters is 1. The molecule has 2 aromatic carbocycles. The summed E-state index contributed by atoms with van der Waals surface area (Å²) in [6.07, 6.45) is 12.0. The molecule has 0 amide bonds. The summed E-state index contributed by atoms with van der Waals surface area (Å²) in [6, 6.07) is 20.8. The number of morpholine rings is 1. The Hall–Kier alpha value is -2.43. The number of nitrogens with zero attached hydrogens (tertiary/aromatic N) is 1. The maximum Gasteiger partial charge on any atom is 0.324 e. The van der Waals surface area contributed by atoms with Gasteiger partial charge in [-0.25, -0.2) is 0 Å². The summed E-state index contributed by atoms with van der Waals surface area (Å²) in [5.41, 5.74) is 3.90. The highest BCUT2D eigenvalue weighted by Gasteiger charge is 2.63. The molecule has 9 atom stereocenters. The molecule has 4 unspecified atom stereocenters. The molecule has 0 radical (unpaired) electrons. The van der Waals surface area contributed by atoms with Gasteiger partial charge in [-0.15, -0.1) is 0 Å². The van der Waals surface area contributed by atoms with Gasteiger partial charge in [-0.05, 0) is 104 Å². The van der Waals surface area contributed by atoms with Crippen LogP contribution in [0.3, 0.4) is 0 Å². The lowest BCUT2D eigenvalue weighted by Crippen LogP contribution is -2.63. The van der Waals surface area contributed by atoms with Crippen LogP contribution >= 0.6 is 0 Å². The molecule has 0 spiro atoms. The molecule has 3 saturated carbocycles. The number of aliphatic hydroxyl groups excluding tert-OH is 1. The first-order valence-corrected chi connectivity index (χ1v) is 16.6. The summed E-state index contributed by atoms with van der Waals surface area (Å²) >= 11 is 0. The topological polar surface area (TPSA) is 49.8 Å². The molecule has 2 aromatic rings. The average Bonchev–Trinajstić information content (AvgIpc) is 3.35. The third-order valence-corrected chi connectivity index (χ3v) is 12.9. The summed E-state index contributed by atoms with van der Waals surface area (Å²) in [5.74, 6) is 2.40. The molecule has 4 heteroatoms. The lowest BCUT2D eigenvalue weighted by Gasteiger charge is -2.59. The number of hydrogen-bond acceptors (Lipinski definition) is 4. The smallest absolute Gasteiger partial charge is 0.324 e. The van der Waals surface area contributed by atoms with Crippen LogP contribution in [0.2, 0.25) is 0 Å². The molecule has 224 valence electrons. The Morgan fingerprint density at radius 3 is 2.33 bits per heavy atom. The fraction of sp³-hybridized carbons (Fsp3) is 0.605. The molecule has 1 heterocycles. The van der Waals surface area contributed by atoms with Gasteiger partial charge in [0, 0.05) is 19.0 Å². The van der Waals surface area contributed by atoms with E-state index in [9.17, 15) is 9.90 Å². The summed E-state index contributed by atoms with van der Waals surface area (Å²) in [6.45, 7) is 8.86. The van der Waals surface area contributed by atoms with Crippen LogP contribution in [-0.4, -0.2) is 40.3 Å². The van der Waals surface area contributed by atoms with Crippen molar-refractivity contribution in [2.75, 3.05) is 6.54 Å². The maximum atomic E-state index is 14.0. The standard InChI is InChI=1S/C38H49NO3/c1-36-20-18-29(40)23-28(36)14-15-30-31-16-17-34(37(31,2)21-19-32(30)36)38(3)25-39(24-27-12-8-5-9-13-27)33(35(41)42-38)22-26-10-6-4-7-11-26/h4-14,29-34,40H,15-25H2,1-3H3/t29-,30?,31?,32?,33-,34?,36-,37-,38-/m0/s1. The minimum absolute atomic E-state index is 0.0530. The Labute approximate surface area is 252 Å². The number of cyclic esters (lactones) is 1. The van der Waals surface area contributed by atoms with E-state index in [1.165, 1.54) is 36.0 Å². The van der Waals surface area contributed by atoms with E-state index >= 15 is 0 Å². The van der Waals surface area contributed by atoms with Crippen molar-refractivity contribution >= 4 is 5.97 Å². The van der Waals surface area contributed by atoms with Gasteiger partial charge < -0.3 is 9.84 Å². The van der Waals surface area contributed by atoms with E-state index in [4.69, 9.17) is 4.74 Å². The first-order chi connectivity index (χ1) is 20.2. The fourth-order valence-corrected chi connectivity index (χ4v) is 10.9. The van der Waals surface area contributed by atoms with Crippen molar-refractivity contribution in [2.24, 2.45) is 34.5 Å². The number of carbonyl (C=O) groups is 1. The maximum absolute atomic E-state index is 14.0. The van der Waals surface area contributed by atoms with Crippen LogP contribution in [0.1, 0.15) is 83.3 Å². The Bertz CT molecular complexity index is 1320. The summed E-state index contributed by atoms with van der Waals surface area (Å²) in [4.78, 5) is 16.4. The Kier molecular flexibility index (Phi) is 7.17. The molecule has 42 heavy (non-hydrogen) atoms. The predicted molar refractivity (Wildman–Crippen MR) is 166 cm³/mol. The van der Waals surface area contributed by atoms with Gasteiger partial charge in [-0.3, -0.25) is 9.69 Å². The van der Waals surface area contributed by atoms with Crippen molar-refractivity contribution in [1.82, 2.24) is 4.90 Å². The molecule has 4 nitrogen and oxygen atoms in total. The second kappa shape index (κ2) is 10.6. The third kappa shape index (κ3) is 4.68. The minimum Gasteiger partial charge on any atom is -0.457 e. The number of carbonyl (C=O) groups excluding carboxylic acids is 1. The largest absolute Gasteiger partial charge is 0.457 e. The van der Waals surface area contributed by atoms with E-state index in [1.807, 2.05) is 6.07 Å². The molecule has 1 aliphatic heterocycles. The van der Waals surface area contributed by atoms with E-state index in [-0.39, 0.29) is 28.9 Å². The zero-order chi connectivity index (χ0) is 29.1. The van der Waals surface area contributed by atoms with Crippen LogP contribution < -0.4 is 0 Å². The molecule has 0 aromatic heterocycles. The second-order valence-electron chi connectivity index (χ2n) is 15.2. The Balaban J connectivity index is 1.16. The van der Waals surface area contributed by atoms with E-state index in [2.05, 4.69) is 86.3 Å². The first-order valence-electron chi connectivity index (χ1n) is 16.6. The molecular weight excluding hydrogens is 518 g/mol. The number of rotatable bonds is 5. The van der Waals surface area contributed by atoms with Crippen molar-refractivity contribution in [3.63, 3.8) is 0 Å². The normalized spacial score (nSPS) is 41.7. The molecule has 1 N–H and O–H groups in total. The molecule has 4 fully saturated rings. The van der Waals surface area contributed by atoms with Gasteiger partial charge >= 0.3 is 5.97 Å². The fourth-order valence-electron chi connectivity index (χ4n) is 10.9. The Morgan fingerprint density at radius 2 is 1.60 bits per heavy atom. The van der Waals surface area contributed by atoms with E-state index in [0.717, 1.165) is 45.2 Å². The minimum atomic E-state index is -0.496. The number of ether oxygens (including phenoxy) is 1. The van der Waals surface area contributed by atoms with Crippen LogP contribution in [0.15, 0.2) is 72.3 Å².